The van der Waals surface area contributed by atoms with Crippen molar-refractivity contribution in [2.75, 3.05) is 0 Å². The second kappa shape index (κ2) is 5.75. The van der Waals surface area contributed by atoms with Gasteiger partial charge in [0.05, 0.1) is 10.0 Å². The zero-order valence-corrected chi connectivity index (χ0v) is 11.5. The standard InChI is InChI=1S/C14H7BrF4O/c15-9-3-7(1-2-10(9)17)4-13(20)14-11(18)5-8(16)6-12(14)19/h1-3,5-6H,4H2. The SMILES string of the molecule is O=C(Cc1ccc(F)c(Br)c1)c1c(F)cc(F)cc1F. The highest BCUT2D eigenvalue weighted by atomic mass is 79.9. The Bertz CT molecular complexity index is 662. The number of Topliss-reactive ketones (excluding diaryl/α,β-unsaturated/α-hetero) is 1. The maximum absolute atomic E-state index is 13.4. The number of benzene rings is 2. The Morgan fingerprint density at radius 3 is 2.10 bits per heavy atom. The lowest BCUT2D eigenvalue weighted by Crippen LogP contribution is -2.10. The molecule has 2 rings (SSSR count). The fourth-order valence-corrected chi connectivity index (χ4v) is 2.16. The number of rotatable bonds is 3. The van der Waals surface area contributed by atoms with Crippen LogP contribution in [0.1, 0.15) is 15.9 Å². The predicted octanol–water partition coefficient (Wildman–Crippen LogP) is 4.43. The van der Waals surface area contributed by atoms with Gasteiger partial charge in [0, 0.05) is 18.6 Å². The van der Waals surface area contributed by atoms with Gasteiger partial charge in [-0.3, -0.25) is 4.79 Å². The van der Waals surface area contributed by atoms with Gasteiger partial charge in [0.1, 0.15) is 23.3 Å². The number of carbonyl (C=O) groups is 1. The van der Waals surface area contributed by atoms with Crippen LogP contribution in [0.5, 0.6) is 0 Å². The Morgan fingerprint density at radius 2 is 1.55 bits per heavy atom. The van der Waals surface area contributed by atoms with Crippen LogP contribution in [0.25, 0.3) is 0 Å². The minimum Gasteiger partial charge on any atom is -0.294 e. The maximum Gasteiger partial charge on any atom is 0.173 e. The molecule has 20 heavy (non-hydrogen) atoms. The van der Waals surface area contributed by atoms with Crippen molar-refractivity contribution in [3.05, 3.63) is 69.2 Å². The third-order valence-corrected chi connectivity index (χ3v) is 3.24. The molecule has 2 aromatic carbocycles. The lowest BCUT2D eigenvalue weighted by Gasteiger charge is -2.05. The summed E-state index contributed by atoms with van der Waals surface area (Å²) in [6, 6.07) is 4.68. The Balaban J connectivity index is 2.31. The van der Waals surface area contributed by atoms with Crippen molar-refractivity contribution in [1.29, 1.82) is 0 Å². The summed E-state index contributed by atoms with van der Waals surface area (Å²) >= 11 is 2.95. The summed E-state index contributed by atoms with van der Waals surface area (Å²) in [4.78, 5) is 11.9. The summed E-state index contributed by atoms with van der Waals surface area (Å²) in [5, 5.41) is 0. The maximum atomic E-state index is 13.4. The van der Waals surface area contributed by atoms with Crippen molar-refractivity contribution in [2.45, 2.75) is 6.42 Å². The summed E-state index contributed by atoms with van der Waals surface area (Å²) < 4.78 is 52.8. The van der Waals surface area contributed by atoms with E-state index >= 15 is 0 Å². The van der Waals surface area contributed by atoms with E-state index in [1.807, 2.05) is 0 Å². The molecule has 0 aliphatic heterocycles. The summed E-state index contributed by atoms with van der Waals surface area (Å²) in [5.41, 5.74) is -0.418. The van der Waals surface area contributed by atoms with E-state index in [1.54, 1.807) is 0 Å². The van der Waals surface area contributed by atoms with Crippen LogP contribution < -0.4 is 0 Å². The second-order valence-electron chi connectivity index (χ2n) is 4.09. The highest BCUT2D eigenvalue weighted by Gasteiger charge is 2.19. The Morgan fingerprint density at radius 1 is 0.950 bits per heavy atom. The van der Waals surface area contributed by atoms with Crippen LogP contribution in [-0.2, 0) is 6.42 Å². The zero-order chi connectivity index (χ0) is 14.9. The molecule has 6 heteroatoms. The molecule has 0 radical (unpaired) electrons. The highest BCUT2D eigenvalue weighted by Crippen LogP contribution is 2.20. The first-order chi connectivity index (χ1) is 9.38. The molecule has 0 bridgehead atoms. The van der Waals surface area contributed by atoms with Crippen LogP contribution in [0.3, 0.4) is 0 Å². The second-order valence-corrected chi connectivity index (χ2v) is 4.95. The van der Waals surface area contributed by atoms with E-state index in [1.165, 1.54) is 12.1 Å². The lowest BCUT2D eigenvalue weighted by molar-refractivity contribution is 0.0984. The molecular formula is C14H7BrF4O. The summed E-state index contributed by atoms with van der Waals surface area (Å²) in [5.74, 6) is -4.97. The van der Waals surface area contributed by atoms with E-state index in [0.717, 1.165) is 6.07 Å². The fourth-order valence-electron chi connectivity index (χ4n) is 1.73. The molecule has 0 saturated heterocycles. The predicted molar refractivity (Wildman–Crippen MR) is 68.5 cm³/mol. The summed E-state index contributed by atoms with van der Waals surface area (Å²) in [6.45, 7) is 0. The first-order valence-corrected chi connectivity index (χ1v) is 6.29. The van der Waals surface area contributed by atoms with Gasteiger partial charge in [-0.05, 0) is 33.6 Å². The van der Waals surface area contributed by atoms with Gasteiger partial charge in [0.15, 0.2) is 5.78 Å². The van der Waals surface area contributed by atoms with Gasteiger partial charge in [-0.2, -0.15) is 0 Å². The van der Waals surface area contributed by atoms with Crippen LogP contribution >= 0.6 is 15.9 Å². The third kappa shape index (κ3) is 3.07. The normalized spacial score (nSPS) is 10.7. The largest absolute Gasteiger partial charge is 0.294 e. The van der Waals surface area contributed by atoms with Gasteiger partial charge in [-0.25, -0.2) is 17.6 Å². The van der Waals surface area contributed by atoms with Crippen LogP contribution in [0.15, 0.2) is 34.8 Å². The van der Waals surface area contributed by atoms with Gasteiger partial charge in [0.2, 0.25) is 0 Å². The first-order valence-electron chi connectivity index (χ1n) is 5.50. The molecule has 0 amide bonds. The van der Waals surface area contributed by atoms with Crippen LogP contribution in [0.4, 0.5) is 17.6 Å². The number of ketones is 1. The van der Waals surface area contributed by atoms with Gasteiger partial charge >= 0.3 is 0 Å². The Kier molecular flexibility index (Phi) is 4.23. The van der Waals surface area contributed by atoms with E-state index in [0.29, 0.717) is 17.7 Å². The minimum atomic E-state index is -1.26. The van der Waals surface area contributed by atoms with E-state index in [4.69, 9.17) is 0 Å². The van der Waals surface area contributed by atoms with E-state index in [-0.39, 0.29) is 10.9 Å². The smallest absolute Gasteiger partial charge is 0.173 e. The molecule has 0 atom stereocenters. The van der Waals surface area contributed by atoms with Gasteiger partial charge in [-0.15, -0.1) is 0 Å². The molecule has 0 heterocycles. The highest BCUT2D eigenvalue weighted by molar-refractivity contribution is 9.10. The molecule has 2 aromatic rings. The monoisotopic (exact) mass is 346 g/mol. The third-order valence-electron chi connectivity index (χ3n) is 2.63. The number of hydrogen-bond donors (Lipinski definition) is 0. The lowest BCUT2D eigenvalue weighted by atomic mass is 10.0. The molecule has 0 N–H and O–H groups in total. The molecule has 0 unspecified atom stereocenters. The topological polar surface area (TPSA) is 17.1 Å². The Hall–Kier alpha value is -1.69. The molecule has 0 aliphatic rings. The fraction of sp³-hybridized carbons (Fsp3) is 0.0714. The molecule has 0 fully saturated rings. The molecule has 104 valence electrons. The minimum absolute atomic E-state index is 0.142. The molecule has 0 aromatic heterocycles. The van der Waals surface area contributed by atoms with Crippen molar-refractivity contribution in [3.8, 4) is 0 Å². The molecule has 0 spiro atoms. The van der Waals surface area contributed by atoms with Crippen molar-refractivity contribution in [1.82, 2.24) is 0 Å². The number of hydrogen-bond acceptors (Lipinski definition) is 1. The van der Waals surface area contributed by atoms with Crippen molar-refractivity contribution >= 4 is 21.7 Å². The quantitative estimate of drug-likeness (QED) is 0.593. The van der Waals surface area contributed by atoms with Crippen LogP contribution in [0.2, 0.25) is 0 Å². The summed E-state index contributed by atoms with van der Waals surface area (Å²) in [6.07, 6.45) is -0.321. The van der Waals surface area contributed by atoms with E-state index in [9.17, 15) is 22.4 Å². The first kappa shape index (κ1) is 14.7. The molecule has 0 saturated carbocycles. The summed E-state index contributed by atoms with van der Waals surface area (Å²) in [7, 11) is 0. The average Bonchev–Trinajstić information content (AvgIpc) is 2.32. The van der Waals surface area contributed by atoms with Crippen LogP contribution in [-0.4, -0.2) is 5.78 Å². The van der Waals surface area contributed by atoms with Crippen molar-refractivity contribution < 1.29 is 22.4 Å². The Labute approximate surface area is 120 Å². The van der Waals surface area contributed by atoms with E-state index < -0.39 is 34.6 Å². The number of halogens is 5. The van der Waals surface area contributed by atoms with Gasteiger partial charge < -0.3 is 0 Å². The van der Waals surface area contributed by atoms with E-state index in [2.05, 4.69) is 15.9 Å². The molecule has 1 nitrogen and oxygen atoms in total. The average molecular weight is 347 g/mol. The molecular weight excluding hydrogens is 340 g/mol. The van der Waals surface area contributed by atoms with Crippen LogP contribution in [0, 0.1) is 23.3 Å². The van der Waals surface area contributed by atoms with Gasteiger partial charge in [-0.1, -0.05) is 6.07 Å². The number of carbonyl (C=O) groups excluding carboxylic acids is 1. The van der Waals surface area contributed by atoms with Gasteiger partial charge in [0.25, 0.3) is 0 Å². The van der Waals surface area contributed by atoms with Crippen molar-refractivity contribution in [3.63, 3.8) is 0 Å². The van der Waals surface area contributed by atoms with Crippen molar-refractivity contribution in [2.24, 2.45) is 0 Å². The zero-order valence-electron chi connectivity index (χ0n) is 9.89. The molecule has 0 aliphatic carbocycles.